The topological polar surface area (TPSA) is 64.6 Å². The van der Waals surface area contributed by atoms with Crippen molar-refractivity contribution in [2.24, 2.45) is 9.98 Å². The second-order valence-electron chi connectivity index (χ2n) is 6.10. The van der Waals surface area contributed by atoms with Crippen molar-refractivity contribution < 1.29 is 18.8 Å². The zero-order valence-electron chi connectivity index (χ0n) is 15.0. The van der Waals surface area contributed by atoms with Crippen LogP contribution in [0.5, 0.6) is 0 Å². The van der Waals surface area contributed by atoms with Crippen LogP contribution in [0.1, 0.15) is 11.1 Å². The standard InChI is InChI=1S/C22H14N5.ClH.Pt/c1-2-8-16-14-18-17(13-15(16)7-1)21(25-19-9-3-5-11-23-19)27-22(18)26-20-10-4-6-12-24-20;;/h1-14H;1H;/q-1;;+2/p-1. The van der Waals surface area contributed by atoms with Crippen molar-refractivity contribution in [2.75, 3.05) is 0 Å². The Balaban J connectivity index is 0.000000994. The van der Waals surface area contributed by atoms with Crippen LogP contribution < -0.4 is 0 Å². The van der Waals surface area contributed by atoms with E-state index in [0.29, 0.717) is 23.3 Å². The van der Waals surface area contributed by atoms with Crippen molar-refractivity contribution in [1.82, 2.24) is 9.97 Å². The summed E-state index contributed by atoms with van der Waals surface area (Å²) in [7, 11) is 4.61. The van der Waals surface area contributed by atoms with Crippen LogP contribution in [0.2, 0.25) is 0 Å². The molecule has 0 spiro atoms. The predicted molar refractivity (Wildman–Crippen MR) is 114 cm³/mol. The first kappa shape index (κ1) is 19.4. The third-order valence-electron chi connectivity index (χ3n) is 4.32. The molecule has 0 N–H and O–H groups in total. The number of nitrogens with zero attached hydrogens (tertiary/aromatic N) is 5. The summed E-state index contributed by atoms with van der Waals surface area (Å²) in [6, 6.07) is 23.7. The van der Waals surface area contributed by atoms with E-state index in [1.165, 1.54) is 0 Å². The summed E-state index contributed by atoms with van der Waals surface area (Å²) in [5.41, 5.74) is 1.91. The maximum Gasteiger partial charge on any atom is 0.0837 e. The summed E-state index contributed by atoms with van der Waals surface area (Å²) in [4.78, 5) is 17.8. The van der Waals surface area contributed by atoms with Crippen LogP contribution in [0.15, 0.2) is 95.2 Å². The van der Waals surface area contributed by atoms with Crippen molar-refractivity contribution in [3.63, 3.8) is 0 Å². The Kier molecular flexibility index (Phi) is 6.08. The van der Waals surface area contributed by atoms with E-state index in [4.69, 9.17) is 0 Å². The van der Waals surface area contributed by atoms with Crippen molar-refractivity contribution in [3.8, 4) is 0 Å². The zero-order valence-corrected chi connectivity index (χ0v) is 18.0. The van der Waals surface area contributed by atoms with Gasteiger partial charge < -0.3 is 15.3 Å². The van der Waals surface area contributed by atoms with E-state index in [2.05, 4.69) is 59.0 Å². The molecule has 0 fully saturated rings. The van der Waals surface area contributed by atoms with Gasteiger partial charge in [-0.25, -0.2) is 0 Å². The normalized spacial score (nSPS) is 15.0. The van der Waals surface area contributed by atoms with Crippen LogP contribution >= 0.6 is 9.42 Å². The van der Waals surface area contributed by atoms with Gasteiger partial charge in [0.15, 0.2) is 0 Å². The number of amidine groups is 2. The van der Waals surface area contributed by atoms with Crippen molar-refractivity contribution in [2.45, 2.75) is 0 Å². The Bertz CT molecular complexity index is 1100. The van der Waals surface area contributed by atoms with E-state index in [-0.39, 0.29) is 0 Å². The van der Waals surface area contributed by atoms with E-state index in [0.717, 1.165) is 21.9 Å². The van der Waals surface area contributed by atoms with Crippen LogP contribution in [-0.4, -0.2) is 21.6 Å². The molecule has 29 heavy (non-hydrogen) atoms. The van der Waals surface area contributed by atoms with Gasteiger partial charge in [-0.3, -0.25) is 9.97 Å². The molecule has 0 radical (unpaired) electrons. The first-order valence-electron chi connectivity index (χ1n) is 8.73. The van der Waals surface area contributed by atoms with Gasteiger partial charge in [-0.05, 0) is 58.3 Å². The van der Waals surface area contributed by atoms with Gasteiger partial charge >= 0.3 is 28.2 Å². The van der Waals surface area contributed by atoms with Gasteiger partial charge in [0.1, 0.15) is 0 Å². The fourth-order valence-electron chi connectivity index (χ4n) is 3.06. The Labute approximate surface area is 183 Å². The minimum absolute atomic E-state index is 0.615. The number of benzene rings is 2. The van der Waals surface area contributed by atoms with Gasteiger partial charge in [0, 0.05) is 24.1 Å². The average molecular weight is 579 g/mol. The zero-order chi connectivity index (χ0) is 20.1. The molecule has 0 amide bonds. The fraction of sp³-hybridized carbons (Fsp3) is 0. The first-order chi connectivity index (χ1) is 14.4. The van der Waals surface area contributed by atoms with Crippen LogP contribution in [-0.2, 0) is 18.8 Å². The quantitative estimate of drug-likeness (QED) is 0.299. The second-order valence-corrected chi connectivity index (χ2v) is 6.10. The number of rotatable bonds is 2. The molecule has 3 heterocycles. The summed E-state index contributed by atoms with van der Waals surface area (Å²) in [6.45, 7) is 0. The minimum Gasteiger partial charge on any atom is -0.357 e. The molecule has 0 saturated heterocycles. The minimum atomic E-state index is 0.615. The SMILES string of the molecule is [Cl][Pt+].c1ccc(/N=C2\[N-]/C(=N\c3ccccn3)c3cc4ccccc4cc32)nc1. The summed E-state index contributed by atoms with van der Waals surface area (Å²) in [5, 5.41) is 6.97. The average Bonchev–Trinajstić information content (AvgIpc) is 3.11. The molecule has 1 aliphatic heterocycles. The molecule has 144 valence electrons. The van der Waals surface area contributed by atoms with Crippen LogP contribution in [0.4, 0.5) is 11.6 Å². The predicted octanol–water partition coefficient (Wildman–Crippen LogP) is 5.86. The third kappa shape index (κ3) is 4.26. The summed E-state index contributed by atoms with van der Waals surface area (Å²) < 4.78 is 0. The van der Waals surface area contributed by atoms with E-state index < -0.39 is 0 Å². The van der Waals surface area contributed by atoms with Gasteiger partial charge in [-0.15, -0.1) is 0 Å². The molecule has 2 aromatic heterocycles. The molecule has 4 aromatic rings. The number of pyridine rings is 2. The van der Waals surface area contributed by atoms with Crippen molar-refractivity contribution in [1.29, 1.82) is 0 Å². The molecule has 0 unspecified atom stereocenters. The monoisotopic (exact) mass is 578 g/mol. The van der Waals surface area contributed by atoms with Gasteiger partial charge in [0.2, 0.25) is 0 Å². The molecule has 0 saturated carbocycles. The van der Waals surface area contributed by atoms with E-state index in [1.807, 2.05) is 48.5 Å². The number of hydrogen-bond donors (Lipinski definition) is 0. The van der Waals surface area contributed by atoms with Crippen molar-refractivity contribution >= 4 is 43.5 Å². The number of hydrogen-bond acceptors (Lipinski definition) is 4. The Morgan fingerprint density at radius 3 is 1.52 bits per heavy atom. The van der Waals surface area contributed by atoms with Gasteiger partial charge in [0.05, 0.1) is 11.6 Å². The van der Waals surface area contributed by atoms with E-state index in [9.17, 15) is 0 Å². The number of halogens is 1. The van der Waals surface area contributed by atoms with Crippen LogP contribution in [0.25, 0.3) is 16.1 Å². The number of aromatic nitrogens is 2. The molecule has 5 nitrogen and oxygen atoms in total. The molecule has 1 aliphatic rings. The Morgan fingerprint density at radius 2 is 1.10 bits per heavy atom. The third-order valence-corrected chi connectivity index (χ3v) is 4.32. The largest absolute Gasteiger partial charge is 0.357 e. The second kappa shape index (κ2) is 9.08. The fourth-order valence-corrected chi connectivity index (χ4v) is 3.06. The van der Waals surface area contributed by atoms with Gasteiger partial charge in [-0.2, -0.15) is 0 Å². The number of fused-ring (bicyclic) bond motifs is 2. The molecular formula is C22H14ClN5Pt. The molecule has 7 heteroatoms. The molecule has 0 aliphatic carbocycles. The van der Waals surface area contributed by atoms with Crippen molar-refractivity contribution in [3.05, 3.63) is 102 Å². The maximum atomic E-state index is 4.69. The summed E-state index contributed by atoms with van der Waals surface area (Å²) in [5.74, 6) is 2.47. The molecule has 5 rings (SSSR count). The molecule has 2 aromatic carbocycles. The van der Waals surface area contributed by atoms with E-state index in [1.54, 1.807) is 31.2 Å². The van der Waals surface area contributed by atoms with Gasteiger partial charge in [0.25, 0.3) is 0 Å². The summed E-state index contributed by atoms with van der Waals surface area (Å²) in [6.07, 6.45) is 3.44. The maximum absolute atomic E-state index is 4.69. The Morgan fingerprint density at radius 1 is 0.655 bits per heavy atom. The van der Waals surface area contributed by atoms with Gasteiger partial charge in [-0.1, -0.05) is 36.4 Å². The molecule has 0 bridgehead atoms. The smallest absolute Gasteiger partial charge is 0.0837 e. The summed E-state index contributed by atoms with van der Waals surface area (Å²) >= 11 is 1.61. The first-order valence-corrected chi connectivity index (χ1v) is 11.5. The molecular weight excluding hydrogens is 565 g/mol. The number of aliphatic imine (C=N–C) groups is 2. The Hall–Kier alpha value is -2.88. The molecule has 0 atom stereocenters. The van der Waals surface area contributed by atoms with Crippen LogP contribution in [0.3, 0.4) is 0 Å². The van der Waals surface area contributed by atoms with E-state index >= 15 is 0 Å². The van der Waals surface area contributed by atoms with Crippen LogP contribution in [0, 0.1) is 0 Å².